The first-order valence-electron chi connectivity index (χ1n) is 3.13. The number of nitro groups is 1. The lowest BCUT2D eigenvalue weighted by Crippen LogP contribution is -1.98. The third kappa shape index (κ3) is 1.53. The number of rotatable bonds is 2. The zero-order valence-electron chi connectivity index (χ0n) is 6.24. The molecule has 0 aliphatic heterocycles. The SMILES string of the molecule is CNc1ccnc(Br)c1[N+](=O)[O-]. The Kier molecular flexibility index (Phi) is 2.59. The second kappa shape index (κ2) is 3.48. The van der Waals surface area contributed by atoms with Crippen LogP contribution in [0.15, 0.2) is 16.9 Å². The van der Waals surface area contributed by atoms with Gasteiger partial charge < -0.3 is 5.32 Å². The van der Waals surface area contributed by atoms with E-state index in [2.05, 4.69) is 26.2 Å². The predicted octanol–water partition coefficient (Wildman–Crippen LogP) is 1.79. The summed E-state index contributed by atoms with van der Waals surface area (Å²) in [5.41, 5.74) is 0.405. The maximum Gasteiger partial charge on any atom is 0.324 e. The molecule has 64 valence electrons. The van der Waals surface area contributed by atoms with Crippen LogP contribution in [-0.2, 0) is 0 Å². The van der Waals surface area contributed by atoms with Gasteiger partial charge in [-0.05, 0) is 22.0 Å². The van der Waals surface area contributed by atoms with E-state index in [0.717, 1.165) is 0 Å². The third-order valence-electron chi connectivity index (χ3n) is 1.33. The lowest BCUT2D eigenvalue weighted by atomic mass is 10.3. The maximum atomic E-state index is 10.5. The Morgan fingerprint density at radius 1 is 1.75 bits per heavy atom. The highest BCUT2D eigenvalue weighted by Gasteiger charge is 2.17. The second-order valence-electron chi connectivity index (χ2n) is 2.01. The molecule has 12 heavy (non-hydrogen) atoms. The summed E-state index contributed by atoms with van der Waals surface area (Å²) < 4.78 is 0.236. The van der Waals surface area contributed by atoms with Crippen molar-refractivity contribution in [3.63, 3.8) is 0 Å². The van der Waals surface area contributed by atoms with Crippen molar-refractivity contribution in [2.24, 2.45) is 0 Å². The summed E-state index contributed by atoms with van der Waals surface area (Å²) in [6.45, 7) is 0. The monoisotopic (exact) mass is 231 g/mol. The molecule has 0 amide bonds. The summed E-state index contributed by atoms with van der Waals surface area (Å²) in [5.74, 6) is 0. The number of hydrogen-bond acceptors (Lipinski definition) is 4. The van der Waals surface area contributed by atoms with E-state index < -0.39 is 4.92 Å². The lowest BCUT2D eigenvalue weighted by Gasteiger charge is -2.01. The topological polar surface area (TPSA) is 68.1 Å². The molecule has 0 spiro atoms. The molecule has 1 aromatic heterocycles. The molecule has 1 aromatic rings. The minimum Gasteiger partial charge on any atom is -0.382 e. The van der Waals surface area contributed by atoms with Gasteiger partial charge >= 0.3 is 5.69 Å². The van der Waals surface area contributed by atoms with Crippen LogP contribution in [0, 0.1) is 10.1 Å². The number of aromatic nitrogens is 1. The van der Waals surface area contributed by atoms with Crippen molar-refractivity contribution >= 4 is 27.3 Å². The molecule has 1 rings (SSSR count). The summed E-state index contributed by atoms with van der Waals surface area (Å²) in [7, 11) is 1.62. The molecule has 0 aliphatic rings. The van der Waals surface area contributed by atoms with Crippen LogP contribution >= 0.6 is 15.9 Å². The summed E-state index contributed by atoms with van der Waals surface area (Å²) in [5, 5.41) is 13.2. The first kappa shape index (κ1) is 8.92. The minimum absolute atomic E-state index is 0.0417. The summed E-state index contributed by atoms with van der Waals surface area (Å²) in [6, 6.07) is 1.54. The minimum atomic E-state index is -0.483. The third-order valence-corrected chi connectivity index (χ3v) is 1.91. The predicted molar refractivity (Wildman–Crippen MR) is 48.1 cm³/mol. The van der Waals surface area contributed by atoms with E-state index >= 15 is 0 Å². The van der Waals surface area contributed by atoms with E-state index in [-0.39, 0.29) is 10.3 Å². The Morgan fingerprint density at radius 2 is 2.42 bits per heavy atom. The van der Waals surface area contributed by atoms with Gasteiger partial charge in [-0.15, -0.1) is 0 Å². The largest absolute Gasteiger partial charge is 0.382 e. The number of pyridine rings is 1. The van der Waals surface area contributed by atoms with Crippen LogP contribution in [0.4, 0.5) is 11.4 Å². The Morgan fingerprint density at radius 3 is 2.83 bits per heavy atom. The van der Waals surface area contributed by atoms with Gasteiger partial charge in [-0.3, -0.25) is 10.1 Å². The zero-order valence-corrected chi connectivity index (χ0v) is 7.83. The van der Waals surface area contributed by atoms with Crippen LogP contribution < -0.4 is 5.32 Å². The fourth-order valence-corrected chi connectivity index (χ4v) is 1.28. The normalized spacial score (nSPS) is 9.50. The first-order valence-corrected chi connectivity index (χ1v) is 3.92. The smallest absolute Gasteiger partial charge is 0.324 e. The maximum absolute atomic E-state index is 10.5. The van der Waals surface area contributed by atoms with Gasteiger partial charge in [0.15, 0.2) is 4.60 Å². The van der Waals surface area contributed by atoms with Crippen molar-refractivity contribution in [1.29, 1.82) is 0 Å². The van der Waals surface area contributed by atoms with Gasteiger partial charge in [0.2, 0.25) is 0 Å². The standard InChI is InChI=1S/C6H6BrN3O2/c1-8-4-2-3-9-6(7)5(4)10(11)12/h2-3H,1H3,(H,8,9). The van der Waals surface area contributed by atoms with E-state index in [1.807, 2.05) is 0 Å². The molecule has 0 saturated heterocycles. The van der Waals surface area contributed by atoms with Gasteiger partial charge in [0, 0.05) is 13.2 Å². The molecule has 1 heterocycles. The van der Waals surface area contributed by atoms with E-state index in [9.17, 15) is 10.1 Å². The van der Waals surface area contributed by atoms with Gasteiger partial charge in [0.25, 0.3) is 0 Å². The molecule has 0 aromatic carbocycles. The summed E-state index contributed by atoms with van der Waals surface area (Å²) in [4.78, 5) is 13.8. The Bertz CT molecular complexity index is 316. The van der Waals surface area contributed by atoms with Gasteiger partial charge in [-0.25, -0.2) is 4.98 Å². The number of nitrogens with one attached hydrogen (secondary N) is 1. The van der Waals surface area contributed by atoms with Gasteiger partial charge in [-0.1, -0.05) is 0 Å². The molecule has 0 bridgehead atoms. The molecule has 0 radical (unpaired) electrons. The molecule has 0 aliphatic carbocycles. The second-order valence-corrected chi connectivity index (χ2v) is 2.76. The summed E-state index contributed by atoms with van der Waals surface area (Å²) in [6.07, 6.45) is 1.49. The van der Waals surface area contributed by atoms with Crippen molar-refractivity contribution < 1.29 is 4.92 Å². The number of halogens is 1. The highest BCUT2D eigenvalue weighted by Crippen LogP contribution is 2.29. The van der Waals surface area contributed by atoms with E-state index in [1.54, 1.807) is 13.1 Å². The van der Waals surface area contributed by atoms with Crippen molar-refractivity contribution in [1.82, 2.24) is 4.98 Å². The fraction of sp³-hybridized carbons (Fsp3) is 0.167. The van der Waals surface area contributed by atoms with Crippen molar-refractivity contribution in [2.75, 3.05) is 12.4 Å². The number of anilines is 1. The number of nitrogens with zero attached hydrogens (tertiary/aromatic N) is 2. The van der Waals surface area contributed by atoms with Crippen molar-refractivity contribution in [3.05, 3.63) is 27.0 Å². The van der Waals surface area contributed by atoms with Crippen LogP contribution in [0.25, 0.3) is 0 Å². The highest BCUT2D eigenvalue weighted by molar-refractivity contribution is 9.10. The van der Waals surface area contributed by atoms with Crippen LogP contribution in [0.5, 0.6) is 0 Å². The average Bonchev–Trinajstić information content (AvgIpc) is 2.03. The van der Waals surface area contributed by atoms with E-state index in [4.69, 9.17) is 0 Å². The molecule has 0 fully saturated rings. The quantitative estimate of drug-likeness (QED) is 0.479. The Labute approximate surface area is 77.1 Å². The van der Waals surface area contributed by atoms with Crippen molar-refractivity contribution in [2.45, 2.75) is 0 Å². The fourth-order valence-electron chi connectivity index (χ4n) is 0.804. The summed E-state index contributed by atoms with van der Waals surface area (Å²) >= 11 is 3.00. The van der Waals surface area contributed by atoms with Crippen LogP contribution in [0.1, 0.15) is 0 Å². The van der Waals surface area contributed by atoms with Crippen LogP contribution in [0.3, 0.4) is 0 Å². The molecular weight excluding hydrogens is 226 g/mol. The average molecular weight is 232 g/mol. The molecule has 0 atom stereocenters. The van der Waals surface area contributed by atoms with Crippen LogP contribution in [0.2, 0.25) is 0 Å². The zero-order chi connectivity index (χ0) is 9.14. The van der Waals surface area contributed by atoms with E-state index in [1.165, 1.54) is 6.20 Å². The molecule has 5 nitrogen and oxygen atoms in total. The first-order chi connectivity index (χ1) is 5.66. The molecule has 1 N–H and O–H groups in total. The van der Waals surface area contributed by atoms with Crippen molar-refractivity contribution in [3.8, 4) is 0 Å². The van der Waals surface area contributed by atoms with E-state index in [0.29, 0.717) is 5.69 Å². The number of hydrogen-bond donors (Lipinski definition) is 1. The highest BCUT2D eigenvalue weighted by atomic mass is 79.9. The molecular formula is C6H6BrN3O2. The Balaban J connectivity index is 3.29. The molecule has 0 unspecified atom stereocenters. The molecule has 6 heteroatoms. The lowest BCUT2D eigenvalue weighted by molar-refractivity contribution is -0.385. The van der Waals surface area contributed by atoms with Crippen LogP contribution in [-0.4, -0.2) is 17.0 Å². The Hall–Kier alpha value is -1.17. The van der Waals surface area contributed by atoms with Gasteiger partial charge in [0.1, 0.15) is 5.69 Å². The molecule has 0 saturated carbocycles. The van der Waals surface area contributed by atoms with Gasteiger partial charge in [-0.2, -0.15) is 0 Å². The van der Waals surface area contributed by atoms with Gasteiger partial charge in [0.05, 0.1) is 4.92 Å².